The molecule has 0 aliphatic carbocycles. The van der Waals surface area contributed by atoms with Gasteiger partial charge in [-0.1, -0.05) is 11.1 Å². The van der Waals surface area contributed by atoms with E-state index < -0.39 is 21.1 Å². The van der Waals surface area contributed by atoms with Gasteiger partial charge in [0.05, 0.1) is 5.25 Å². The van der Waals surface area contributed by atoms with Crippen molar-refractivity contribution in [3.05, 3.63) is 35.5 Å². The topological polar surface area (TPSA) is 131 Å². The van der Waals surface area contributed by atoms with Crippen molar-refractivity contribution in [3.8, 4) is 22.8 Å². The molecule has 0 radical (unpaired) electrons. The quantitative estimate of drug-likeness (QED) is 0.760. The monoisotopic (exact) mass is 377 g/mol. The second-order valence-electron chi connectivity index (χ2n) is 5.50. The molecule has 2 N–H and O–H groups in total. The molecule has 1 aromatic heterocycles. The van der Waals surface area contributed by atoms with Crippen LogP contribution in [0.2, 0.25) is 0 Å². The summed E-state index contributed by atoms with van der Waals surface area (Å²) in [6.45, 7) is 0.858. The Hall–Kier alpha value is -2.90. The minimum Gasteiger partial charge on any atom is -0.476 e. The molecule has 136 valence electrons. The predicted molar refractivity (Wildman–Crippen MR) is 89.5 cm³/mol. The van der Waals surface area contributed by atoms with Crippen molar-refractivity contribution in [3.63, 3.8) is 0 Å². The van der Waals surface area contributed by atoms with E-state index in [0.717, 1.165) is 0 Å². The molecule has 0 amide bonds. The van der Waals surface area contributed by atoms with Gasteiger partial charge in [-0.2, -0.15) is 0 Å². The summed E-state index contributed by atoms with van der Waals surface area (Å²) in [5.74, 6) is 1.60. The molecule has 2 aromatic rings. The van der Waals surface area contributed by atoms with Gasteiger partial charge in [-0.05, 0) is 37.1 Å². The van der Waals surface area contributed by atoms with Gasteiger partial charge in [0, 0.05) is 24.0 Å². The third kappa shape index (κ3) is 4.19. The summed E-state index contributed by atoms with van der Waals surface area (Å²) in [6, 6.07) is 6.23. The lowest BCUT2D eigenvalue weighted by Crippen LogP contribution is -2.27. The summed E-state index contributed by atoms with van der Waals surface area (Å²) in [6.07, 6.45) is 0.905. The number of carboxylic acids is 1. The van der Waals surface area contributed by atoms with E-state index in [1.165, 1.54) is 12.1 Å². The van der Waals surface area contributed by atoms with Crippen molar-refractivity contribution in [1.29, 1.82) is 0 Å². The second-order valence-corrected chi connectivity index (χ2v) is 7.47. The van der Waals surface area contributed by atoms with E-state index in [2.05, 4.69) is 26.6 Å². The number of nitrogens with zero attached hydrogens (tertiary/aromatic N) is 2. The average Bonchev–Trinajstić information content (AvgIpc) is 3.10. The molecule has 10 heteroatoms. The highest BCUT2D eigenvalue weighted by Crippen LogP contribution is 2.22. The number of sulfone groups is 1. The van der Waals surface area contributed by atoms with E-state index in [0.29, 0.717) is 37.4 Å². The minimum atomic E-state index is -3.51. The molecule has 0 saturated carbocycles. The van der Waals surface area contributed by atoms with Crippen LogP contribution in [0.15, 0.2) is 24.3 Å². The van der Waals surface area contributed by atoms with E-state index >= 15 is 0 Å². The van der Waals surface area contributed by atoms with Crippen molar-refractivity contribution < 1.29 is 27.8 Å². The zero-order valence-electron chi connectivity index (χ0n) is 13.5. The molecule has 1 saturated heterocycles. The predicted octanol–water partition coefficient (Wildman–Crippen LogP) is 1.20. The van der Waals surface area contributed by atoms with Crippen LogP contribution in [0, 0.1) is 11.2 Å². The molecule has 1 aliphatic heterocycles. The molecule has 1 aromatic carbocycles. The molecule has 0 unspecified atom stereocenters. The molecule has 0 atom stereocenters. The Bertz CT molecular complexity index is 950. The van der Waals surface area contributed by atoms with E-state index in [4.69, 9.17) is 14.6 Å². The number of carboxylic acid groups (broad SMARTS) is 1. The zero-order valence-corrected chi connectivity index (χ0v) is 14.3. The normalized spacial score (nSPS) is 15.1. The van der Waals surface area contributed by atoms with Crippen LogP contribution < -0.4 is 4.74 Å². The highest BCUT2D eigenvalue weighted by atomic mass is 32.2. The fourth-order valence-electron chi connectivity index (χ4n) is 2.35. The van der Waals surface area contributed by atoms with Crippen LogP contribution >= 0.6 is 0 Å². The molecule has 3 rings (SSSR count). The third-order valence-corrected chi connectivity index (χ3v) is 5.47. The molecule has 9 nitrogen and oxygen atoms in total. The van der Waals surface area contributed by atoms with Gasteiger partial charge in [0.25, 0.3) is 5.88 Å². The van der Waals surface area contributed by atoms with E-state index in [1.54, 1.807) is 12.1 Å². The Labute approximate surface area is 149 Å². The Balaban J connectivity index is 1.70. The highest BCUT2D eigenvalue weighted by molar-refractivity contribution is 7.96. The lowest BCUT2D eigenvalue weighted by molar-refractivity contribution is 0.0687. The Morgan fingerprint density at radius 3 is 2.62 bits per heavy atom. The minimum absolute atomic E-state index is 0.0987. The number of hydrogen-bond donors (Lipinski definition) is 2. The summed E-state index contributed by atoms with van der Waals surface area (Å²) in [7, 11) is -3.51. The second kappa shape index (κ2) is 7.55. The van der Waals surface area contributed by atoms with Gasteiger partial charge < -0.3 is 14.6 Å². The highest BCUT2D eigenvalue weighted by Gasteiger charge is 2.25. The van der Waals surface area contributed by atoms with Gasteiger partial charge in [0.1, 0.15) is 5.75 Å². The largest absolute Gasteiger partial charge is 0.476 e. The number of benzene rings is 1. The van der Waals surface area contributed by atoms with Crippen LogP contribution in [0.1, 0.15) is 28.9 Å². The number of carbonyl (C=O) groups is 1. The summed E-state index contributed by atoms with van der Waals surface area (Å²) < 4.78 is 34.9. The first-order valence-electron chi connectivity index (χ1n) is 7.72. The van der Waals surface area contributed by atoms with Crippen molar-refractivity contribution in [2.75, 3.05) is 13.2 Å². The van der Waals surface area contributed by atoms with Gasteiger partial charge in [-0.15, -0.1) is 5.10 Å². The maximum absolute atomic E-state index is 12.2. The lowest BCUT2D eigenvalue weighted by Gasteiger charge is -2.19. The van der Waals surface area contributed by atoms with Gasteiger partial charge in [0.15, 0.2) is 0 Å². The molecular formula is C16H15N3O6S. The first kappa shape index (κ1) is 17.9. The summed E-state index contributed by atoms with van der Waals surface area (Å²) in [4.78, 5) is 11.0. The number of rotatable bonds is 4. The van der Waals surface area contributed by atoms with E-state index in [1.807, 2.05) is 0 Å². The van der Waals surface area contributed by atoms with Crippen molar-refractivity contribution in [1.82, 2.24) is 15.4 Å². The maximum Gasteiger partial charge on any atom is 0.362 e. The summed E-state index contributed by atoms with van der Waals surface area (Å²) >= 11 is 0. The van der Waals surface area contributed by atoms with E-state index in [9.17, 15) is 13.2 Å². The van der Waals surface area contributed by atoms with Gasteiger partial charge in [0.2, 0.25) is 15.5 Å². The maximum atomic E-state index is 12.2. The molecule has 0 bridgehead atoms. The van der Waals surface area contributed by atoms with Crippen LogP contribution in [0.4, 0.5) is 0 Å². The number of ether oxygens (including phenoxy) is 2. The Morgan fingerprint density at radius 2 is 1.96 bits per heavy atom. The number of aromatic nitrogens is 3. The molecule has 2 heterocycles. The van der Waals surface area contributed by atoms with Crippen LogP contribution in [0.3, 0.4) is 0 Å². The van der Waals surface area contributed by atoms with Crippen LogP contribution in [0.5, 0.6) is 11.6 Å². The number of hydrogen-bond acceptors (Lipinski definition) is 7. The smallest absolute Gasteiger partial charge is 0.362 e. The molecule has 1 aliphatic rings. The standard InChI is InChI=1S/C16H15N3O6S/c20-16(21)14-15(18-19-17-14)25-12-3-1-11(2-4-12)7-10-26(22,23)13-5-8-24-9-6-13/h1-4,13H,5-6,8-9H2,(H,20,21)(H,17,18,19). The van der Waals surface area contributed by atoms with Crippen LogP contribution in [-0.2, 0) is 14.6 Å². The average molecular weight is 377 g/mol. The molecule has 1 fully saturated rings. The first-order chi connectivity index (χ1) is 12.5. The number of aromatic carboxylic acids is 1. The molecular weight excluding hydrogens is 362 g/mol. The SMILES string of the molecule is O=C(O)c1nn[nH]c1Oc1ccc(C#CS(=O)(=O)C2CCOCC2)cc1. The summed E-state index contributed by atoms with van der Waals surface area (Å²) in [5.41, 5.74) is 0.158. The van der Waals surface area contributed by atoms with Crippen molar-refractivity contribution in [2.24, 2.45) is 0 Å². The summed E-state index contributed by atoms with van der Waals surface area (Å²) in [5, 5.41) is 19.9. The van der Waals surface area contributed by atoms with Crippen molar-refractivity contribution in [2.45, 2.75) is 18.1 Å². The molecule has 26 heavy (non-hydrogen) atoms. The fourth-order valence-corrected chi connectivity index (χ4v) is 3.59. The van der Waals surface area contributed by atoms with Gasteiger partial charge >= 0.3 is 5.97 Å². The number of nitrogens with one attached hydrogen (secondary N) is 1. The first-order valence-corrected chi connectivity index (χ1v) is 9.27. The zero-order chi connectivity index (χ0) is 18.6. The van der Waals surface area contributed by atoms with Crippen molar-refractivity contribution >= 4 is 15.8 Å². The lowest BCUT2D eigenvalue weighted by atomic mass is 10.2. The third-order valence-electron chi connectivity index (χ3n) is 3.74. The Kier molecular flexibility index (Phi) is 5.20. The van der Waals surface area contributed by atoms with Gasteiger partial charge in [-0.3, -0.25) is 0 Å². The molecule has 0 spiro atoms. The van der Waals surface area contributed by atoms with Crippen LogP contribution in [-0.4, -0.2) is 53.4 Å². The fraction of sp³-hybridized carbons (Fsp3) is 0.312. The van der Waals surface area contributed by atoms with Crippen LogP contribution in [0.25, 0.3) is 0 Å². The van der Waals surface area contributed by atoms with Gasteiger partial charge in [-0.25, -0.2) is 18.3 Å². The number of H-pyrrole nitrogens is 1. The Morgan fingerprint density at radius 1 is 1.27 bits per heavy atom. The number of aromatic amines is 1. The van der Waals surface area contributed by atoms with E-state index in [-0.39, 0.29) is 11.6 Å².